The first kappa shape index (κ1) is 17.8. The van der Waals surface area contributed by atoms with E-state index >= 15 is 0 Å². The topological polar surface area (TPSA) is 27.8 Å². The lowest BCUT2D eigenvalue weighted by atomic mass is 10.0. The normalized spacial score (nSPS) is 27.0. The highest BCUT2D eigenvalue weighted by Gasteiger charge is 2.60. The Morgan fingerprint density at radius 2 is 1.84 bits per heavy atom. The van der Waals surface area contributed by atoms with Crippen LogP contribution in [-0.4, -0.2) is 30.0 Å². The van der Waals surface area contributed by atoms with Crippen molar-refractivity contribution in [3.05, 3.63) is 34.9 Å². The smallest absolute Gasteiger partial charge is 0.382 e. The number of alkyl halides is 6. The van der Waals surface area contributed by atoms with Gasteiger partial charge in [0.15, 0.2) is 6.10 Å². The molecule has 2 aliphatic rings. The summed E-state index contributed by atoms with van der Waals surface area (Å²) in [6.07, 6.45) is -12.3. The van der Waals surface area contributed by atoms with Gasteiger partial charge in [-0.05, 0) is 30.4 Å². The van der Waals surface area contributed by atoms with Crippen LogP contribution in [0, 0.1) is 24.2 Å². The zero-order valence-electron chi connectivity index (χ0n) is 12.4. The highest BCUT2D eigenvalue weighted by Crippen LogP contribution is 2.54. The Hall–Kier alpha value is -2.02. The van der Waals surface area contributed by atoms with E-state index in [1.165, 1.54) is 0 Å². The molecule has 0 unspecified atom stereocenters. The molecule has 0 bridgehead atoms. The number of hydrogen-bond acceptors (Lipinski definition) is 2. The minimum atomic E-state index is -5.03. The summed E-state index contributed by atoms with van der Waals surface area (Å²) in [4.78, 5) is 3.49. The minimum Gasteiger partial charge on any atom is -0.382 e. The molecule has 136 valence electrons. The first-order valence-electron chi connectivity index (χ1n) is 7.24. The molecule has 3 rings (SSSR count). The van der Waals surface area contributed by atoms with Gasteiger partial charge in [0.2, 0.25) is 5.69 Å². The van der Waals surface area contributed by atoms with Crippen molar-refractivity contribution < 1.29 is 35.8 Å². The molecule has 0 spiro atoms. The van der Waals surface area contributed by atoms with Gasteiger partial charge in [-0.3, -0.25) is 0 Å². The molecular weight excluding hydrogens is 357 g/mol. The zero-order valence-corrected chi connectivity index (χ0v) is 12.4. The molecule has 0 amide bonds. The number of anilines is 1. The van der Waals surface area contributed by atoms with Gasteiger partial charge >= 0.3 is 12.4 Å². The highest BCUT2D eigenvalue weighted by molar-refractivity contribution is 5.64. The molecule has 25 heavy (non-hydrogen) atoms. The van der Waals surface area contributed by atoms with Crippen LogP contribution in [0.2, 0.25) is 0 Å². The molecular formula is C15H11F7N2O. The number of rotatable bonds is 2. The number of aliphatic hydroxyl groups excluding tert-OH is 1. The molecule has 0 aromatic heterocycles. The largest absolute Gasteiger partial charge is 0.416 e. The van der Waals surface area contributed by atoms with E-state index < -0.39 is 53.2 Å². The summed E-state index contributed by atoms with van der Waals surface area (Å²) in [5, 5.41) is 9.58. The molecule has 3 nitrogen and oxygen atoms in total. The molecule has 10 heteroatoms. The lowest BCUT2D eigenvalue weighted by Gasteiger charge is -2.34. The summed E-state index contributed by atoms with van der Waals surface area (Å²) in [5.41, 5.74) is -3.19. The predicted molar refractivity (Wildman–Crippen MR) is 72.5 cm³/mol. The molecule has 1 heterocycles. The number of nitrogens with zero attached hydrogens (tertiary/aromatic N) is 2. The minimum absolute atomic E-state index is 0.00340. The lowest BCUT2D eigenvalue weighted by molar-refractivity contribution is -0.210. The predicted octanol–water partition coefficient (Wildman–Crippen LogP) is 4.14. The van der Waals surface area contributed by atoms with Crippen LogP contribution >= 0.6 is 0 Å². The second kappa shape index (κ2) is 5.49. The maximum absolute atomic E-state index is 13.9. The van der Waals surface area contributed by atoms with Crippen LogP contribution in [0.25, 0.3) is 4.85 Å². The van der Waals surface area contributed by atoms with Crippen LogP contribution in [0.5, 0.6) is 0 Å². The highest BCUT2D eigenvalue weighted by atomic mass is 19.4. The third-order valence-corrected chi connectivity index (χ3v) is 4.66. The monoisotopic (exact) mass is 368 g/mol. The molecule has 1 aliphatic heterocycles. The van der Waals surface area contributed by atoms with E-state index in [0.717, 1.165) is 4.90 Å². The van der Waals surface area contributed by atoms with Crippen LogP contribution < -0.4 is 4.90 Å². The summed E-state index contributed by atoms with van der Waals surface area (Å²) in [6, 6.07) is -0.384. The fourth-order valence-electron chi connectivity index (χ4n) is 3.46. The van der Waals surface area contributed by atoms with Gasteiger partial charge in [0, 0.05) is 12.2 Å². The molecule has 1 aromatic carbocycles. The van der Waals surface area contributed by atoms with Crippen molar-refractivity contribution in [1.29, 1.82) is 0 Å². The Morgan fingerprint density at radius 3 is 2.36 bits per heavy atom. The van der Waals surface area contributed by atoms with Crippen molar-refractivity contribution in [1.82, 2.24) is 0 Å². The van der Waals surface area contributed by atoms with E-state index in [4.69, 9.17) is 6.57 Å². The Labute approximate surface area is 137 Å². The quantitative estimate of drug-likeness (QED) is 0.628. The first-order chi connectivity index (χ1) is 11.4. The Bertz CT molecular complexity index is 737. The van der Waals surface area contributed by atoms with E-state index in [1.54, 1.807) is 0 Å². The lowest BCUT2D eigenvalue weighted by Crippen LogP contribution is -2.49. The number of halogens is 7. The summed E-state index contributed by atoms with van der Waals surface area (Å²) in [7, 11) is 0. The van der Waals surface area contributed by atoms with Crippen molar-refractivity contribution in [2.45, 2.75) is 30.9 Å². The second-order valence-corrected chi connectivity index (χ2v) is 6.22. The Morgan fingerprint density at radius 1 is 1.20 bits per heavy atom. The number of aliphatic hydroxyl groups is 1. The third kappa shape index (κ3) is 3.01. The van der Waals surface area contributed by atoms with E-state index in [0.29, 0.717) is 18.6 Å². The average Bonchev–Trinajstić information content (AvgIpc) is 3.14. The number of hydrogen-bond donors (Lipinski definition) is 1. The Kier molecular flexibility index (Phi) is 3.91. The van der Waals surface area contributed by atoms with Crippen molar-refractivity contribution in [3.8, 4) is 0 Å². The van der Waals surface area contributed by atoms with Crippen molar-refractivity contribution in [2.75, 3.05) is 11.4 Å². The van der Waals surface area contributed by atoms with Crippen LogP contribution in [-0.2, 0) is 6.18 Å². The van der Waals surface area contributed by atoms with Crippen molar-refractivity contribution >= 4 is 11.4 Å². The third-order valence-electron chi connectivity index (χ3n) is 4.66. The number of piperidine rings is 1. The van der Waals surface area contributed by atoms with Gasteiger partial charge in [0.05, 0.1) is 18.2 Å². The molecule has 1 aliphatic carbocycles. The average molecular weight is 368 g/mol. The van der Waals surface area contributed by atoms with Crippen LogP contribution in [0.3, 0.4) is 0 Å². The molecule has 1 saturated carbocycles. The van der Waals surface area contributed by atoms with E-state index in [2.05, 4.69) is 4.85 Å². The van der Waals surface area contributed by atoms with Crippen molar-refractivity contribution in [3.63, 3.8) is 0 Å². The molecule has 1 N–H and O–H groups in total. The summed E-state index contributed by atoms with van der Waals surface area (Å²) in [6.45, 7) is 6.69. The number of fused-ring (bicyclic) bond motifs is 1. The molecule has 4 atom stereocenters. The van der Waals surface area contributed by atoms with Gasteiger partial charge in [-0.1, -0.05) is 0 Å². The van der Waals surface area contributed by atoms with E-state index in [-0.39, 0.29) is 12.5 Å². The van der Waals surface area contributed by atoms with Gasteiger partial charge in [-0.25, -0.2) is 9.24 Å². The van der Waals surface area contributed by atoms with E-state index in [9.17, 15) is 35.8 Å². The molecule has 1 saturated heterocycles. The van der Waals surface area contributed by atoms with Crippen LogP contribution in [0.4, 0.5) is 42.1 Å². The maximum atomic E-state index is 13.9. The van der Waals surface area contributed by atoms with E-state index in [1.807, 2.05) is 0 Å². The molecule has 2 fully saturated rings. The van der Waals surface area contributed by atoms with Gasteiger partial charge in [0.1, 0.15) is 5.82 Å². The summed E-state index contributed by atoms with van der Waals surface area (Å²) < 4.78 is 91.7. The Balaban J connectivity index is 2.04. The standard InChI is InChI=1S/C15H11F7N2O/c1-23-11-9(14(17,18)19)3-7(4-10(11)16)24-5-6-2-8(6)12(24)13(25)15(20,21)22/h3-4,6,8,12-13,25H,2,5H2/t6-,8-,12-,13+/m1/s1. The maximum Gasteiger partial charge on any atom is 0.416 e. The fourth-order valence-corrected chi connectivity index (χ4v) is 3.46. The van der Waals surface area contributed by atoms with Gasteiger partial charge in [-0.15, -0.1) is 0 Å². The zero-order chi connectivity index (χ0) is 18.7. The first-order valence-corrected chi connectivity index (χ1v) is 7.24. The SMILES string of the molecule is [C-]#[N+]c1c(F)cc(N2C[C@H]3C[C@H]3[C@@H]2[C@H](O)C(F)(F)F)cc1C(F)(F)F. The second-order valence-electron chi connectivity index (χ2n) is 6.22. The van der Waals surface area contributed by atoms with Crippen LogP contribution in [0.15, 0.2) is 12.1 Å². The van der Waals surface area contributed by atoms with Crippen LogP contribution in [0.1, 0.15) is 12.0 Å². The van der Waals surface area contributed by atoms with Crippen molar-refractivity contribution in [2.24, 2.45) is 11.8 Å². The van der Waals surface area contributed by atoms with Gasteiger partial charge < -0.3 is 10.0 Å². The summed E-state index contributed by atoms with van der Waals surface area (Å²) >= 11 is 0. The summed E-state index contributed by atoms with van der Waals surface area (Å²) in [5.74, 6) is -2.14. The molecule has 1 aromatic rings. The molecule has 0 radical (unpaired) electrons. The van der Waals surface area contributed by atoms with Gasteiger partial charge in [-0.2, -0.15) is 26.3 Å². The fraction of sp³-hybridized carbons (Fsp3) is 0.533. The van der Waals surface area contributed by atoms with Gasteiger partial charge in [0.25, 0.3) is 0 Å². The number of benzene rings is 1.